The van der Waals surface area contributed by atoms with E-state index in [0.29, 0.717) is 32.3 Å². The van der Waals surface area contributed by atoms with E-state index in [0.717, 1.165) is 12.8 Å². The molecule has 4 heteroatoms. The number of hydrogen-bond donors (Lipinski definition) is 1. The van der Waals surface area contributed by atoms with Gasteiger partial charge >= 0.3 is 11.9 Å². The maximum Gasteiger partial charge on any atom is 0.306 e. The van der Waals surface area contributed by atoms with Gasteiger partial charge in [-0.1, -0.05) is 52.4 Å². The van der Waals surface area contributed by atoms with Gasteiger partial charge in [-0.05, 0) is 25.7 Å². The van der Waals surface area contributed by atoms with Gasteiger partial charge in [0.25, 0.3) is 0 Å². The molecule has 124 valence electrons. The summed E-state index contributed by atoms with van der Waals surface area (Å²) < 4.78 is 5.16. The van der Waals surface area contributed by atoms with E-state index in [9.17, 15) is 9.59 Å². The zero-order valence-corrected chi connectivity index (χ0v) is 13.7. The summed E-state index contributed by atoms with van der Waals surface area (Å²) in [5.41, 5.74) is 0. The molecule has 4 nitrogen and oxygen atoms in total. The van der Waals surface area contributed by atoms with Crippen LogP contribution < -0.4 is 0 Å². The van der Waals surface area contributed by atoms with E-state index in [1.807, 2.05) is 6.92 Å². The first-order valence-electron chi connectivity index (χ1n) is 8.50. The molecule has 1 atom stereocenters. The van der Waals surface area contributed by atoms with Crippen LogP contribution in [0.3, 0.4) is 0 Å². The fraction of sp³-hybridized carbons (Fsp3) is 0.882. The Balaban J connectivity index is 3.40. The number of unbranched alkanes of at least 4 members (excludes halogenated alkanes) is 6. The number of esters is 1. The third-order valence-electron chi connectivity index (χ3n) is 3.79. The first-order valence-corrected chi connectivity index (χ1v) is 8.50. The second-order valence-electron chi connectivity index (χ2n) is 5.68. The molecule has 21 heavy (non-hydrogen) atoms. The highest BCUT2D eigenvalue weighted by Crippen LogP contribution is 2.13. The summed E-state index contributed by atoms with van der Waals surface area (Å²) in [5, 5.41) is 8.90. The van der Waals surface area contributed by atoms with Crippen LogP contribution in [0.2, 0.25) is 0 Å². The maximum absolute atomic E-state index is 11.5. The largest absolute Gasteiger partial charge is 0.481 e. The summed E-state index contributed by atoms with van der Waals surface area (Å²) in [5.74, 6) is -1.30. The third kappa shape index (κ3) is 12.4. The molecule has 0 radical (unpaired) electrons. The minimum Gasteiger partial charge on any atom is -0.481 e. The Bertz CT molecular complexity index is 276. The highest BCUT2D eigenvalue weighted by atomic mass is 16.5. The molecule has 0 rings (SSSR count). The van der Waals surface area contributed by atoms with Crippen LogP contribution in [-0.4, -0.2) is 23.7 Å². The number of aliphatic carboxylic acids is 1. The standard InChI is InChI=1S/C17H32O4/c1-3-5-6-7-8-9-10-14-21-16(18)13-11-12-15(4-2)17(19)20/h15H,3-14H2,1-2H3,(H,19,20). The summed E-state index contributed by atoms with van der Waals surface area (Å²) in [6.45, 7) is 4.57. The van der Waals surface area contributed by atoms with Gasteiger partial charge in [0.1, 0.15) is 0 Å². The molecule has 0 fully saturated rings. The van der Waals surface area contributed by atoms with Crippen LogP contribution >= 0.6 is 0 Å². The average Bonchev–Trinajstić information content (AvgIpc) is 2.46. The fourth-order valence-electron chi connectivity index (χ4n) is 2.31. The lowest BCUT2D eigenvalue weighted by Gasteiger charge is -2.09. The van der Waals surface area contributed by atoms with Crippen LogP contribution in [0.1, 0.15) is 84.5 Å². The number of carboxylic acids is 1. The number of hydrogen-bond acceptors (Lipinski definition) is 3. The van der Waals surface area contributed by atoms with Gasteiger partial charge in [-0.3, -0.25) is 9.59 Å². The molecule has 1 N–H and O–H groups in total. The van der Waals surface area contributed by atoms with Crippen molar-refractivity contribution in [3.63, 3.8) is 0 Å². The molecular formula is C17H32O4. The Labute approximate surface area is 129 Å². The second kappa shape index (κ2) is 13.9. The Kier molecular flexibility index (Phi) is 13.2. The molecule has 0 aromatic heterocycles. The molecule has 0 saturated heterocycles. The van der Waals surface area contributed by atoms with E-state index in [4.69, 9.17) is 9.84 Å². The third-order valence-corrected chi connectivity index (χ3v) is 3.79. The molecule has 0 bridgehead atoms. The van der Waals surface area contributed by atoms with Crippen LogP contribution in [-0.2, 0) is 14.3 Å². The van der Waals surface area contributed by atoms with Gasteiger partial charge in [-0.2, -0.15) is 0 Å². The molecule has 0 saturated carbocycles. The molecule has 0 amide bonds. The van der Waals surface area contributed by atoms with Gasteiger partial charge < -0.3 is 9.84 Å². The fourth-order valence-corrected chi connectivity index (χ4v) is 2.31. The maximum atomic E-state index is 11.5. The van der Waals surface area contributed by atoms with Gasteiger partial charge in [-0.25, -0.2) is 0 Å². The van der Waals surface area contributed by atoms with E-state index in [1.54, 1.807) is 0 Å². The van der Waals surface area contributed by atoms with Crippen molar-refractivity contribution >= 4 is 11.9 Å². The Morgan fingerprint density at radius 1 is 0.952 bits per heavy atom. The Morgan fingerprint density at radius 2 is 1.57 bits per heavy atom. The van der Waals surface area contributed by atoms with Gasteiger partial charge in [0.05, 0.1) is 12.5 Å². The van der Waals surface area contributed by atoms with Crippen molar-refractivity contribution in [2.24, 2.45) is 5.92 Å². The van der Waals surface area contributed by atoms with Crippen LogP contribution in [0, 0.1) is 5.92 Å². The molecule has 0 heterocycles. The predicted octanol–water partition coefficient (Wildman–Crippen LogP) is 4.56. The number of carbonyl (C=O) groups is 2. The normalized spacial score (nSPS) is 12.1. The molecule has 0 aromatic carbocycles. The minimum atomic E-state index is -0.769. The molecule has 1 unspecified atom stereocenters. The highest BCUT2D eigenvalue weighted by Gasteiger charge is 2.15. The van der Waals surface area contributed by atoms with Crippen molar-refractivity contribution < 1.29 is 19.4 Å². The second-order valence-corrected chi connectivity index (χ2v) is 5.68. The average molecular weight is 300 g/mol. The van der Waals surface area contributed by atoms with Crippen molar-refractivity contribution in [3.8, 4) is 0 Å². The summed E-state index contributed by atoms with van der Waals surface area (Å²) in [6, 6.07) is 0. The van der Waals surface area contributed by atoms with Crippen LogP contribution in [0.25, 0.3) is 0 Å². The SMILES string of the molecule is CCCCCCCCCOC(=O)CCCC(CC)C(=O)O. The van der Waals surface area contributed by atoms with E-state index in [-0.39, 0.29) is 11.9 Å². The van der Waals surface area contributed by atoms with E-state index >= 15 is 0 Å². The highest BCUT2D eigenvalue weighted by molar-refractivity contribution is 5.71. The first-order chi connectivity index (χ1) is 10.1. The Morgan fingerprint density at radius 3 is 2.14 bits per heavy atom. The molecule has 0 aliphatic heterocycles. The van der Waals surface area contributed by atoms with Gasteiger partial charge in [0, 0.05) is 6.42 Å². The summed E-state index contributed by atoms with van der Waals surface area (Å²) in [6.07, 6.45) is 10.5. The molecule has 0 aliphatic carbocycles. The van der Waals surface area contributed by atoms with E-state index in [2.05, 4.69) is 6.92 Å². The smallest absolute Gasteiger partial charge is 0.306 e. The zero-order chi connectivity index (χ0) is 15.9. The summed E-state index contributed by atoms with van der Waals surface area (Å²) in [7, 11) is 0. The van der Waals surface area contributed by atoms with Crippen molar-refractivity contribution in [1.82, 2.24) is 0 Å². The quantitative estimate of drug-likeness (QED) is 0.377. The zero-order valence-electron chi connectivity index (χ0n) is 13.7. The Hall–Kier alpha value is -1.06. The first kappa shape index (κ1) is 19.9. The molecule has 0 spiro atoms. The monoisotopic (exact) mass is 300 g/mol. The van der Waals surface area contributed by atoms with Crippen molar-refractivity contribution in [2.45, 2.75) is 84.5 Å². The minimum absolute atomic E-state index is 0.193. The van der Waals surface area contributed by atoms with E-state index in [1.165, 1.54) is 32.1 Å². The van der Waals surface area contributed by atoms with Crippen molar-refractivity contribution in [2.75, 3.05) is 6.61 Å². The lowest BCUT2D eigenvalue weighted by atomic mass is 10.00. The van der Waals surface area contributed by atoms with Crippen molar-refractivity contribution in [3.05, 3.63) is 0 Å². The van der Waals surface area contributed by atoms with Crippen molar-refractivity contribution in [1.29, 1.82) is 0 Å². The number of carbonyl (C=O) groups excluding carboxylic acids is 1. The molecule has 0 aliphatic rings. The van der Waals surface area contributed by atoms with E-state index < -0.39 is 5.97 Å². The molecule has 0 aromatic rings. The van der Waals surface area contributed by atoms with Crippen LogP contribution in [0.5, 0.6) is 0 Å². The lowest BCUT2D eigenvalue weighted by Crippen LogP contribution is -2.13. The number of carboxylic acid groups (broad SMARTS) is 1. The summed E-state index contributed by atoms with van der Waals surface area (Å²) >= 11 is 0. The number of rotatable bonds is 14. The topological polar surface area (TPSA) is 63.6 Å². The summed E-state index contributed by atoms with van der Waals surface area (Å²) in [4.78, 5) is 22.3. The van der Waals surface area contributed by atoms with Crippen LogP contribution in [0.15, 0.2) is 0 Å². The van der Waals surface area contributed by atoms with Gasteiger partial charge in [0.15, 0.2) is 0 Å². The molecular weight excluding hydrogens is 268 g/mol. The lowest BCUT2D eigenvalue weighted by molar-refractivity contribution is -0.145. The van der Waals surface area contributed by atoms with Gasteiger partial charge in [-0.15, -0.1) is 0 Å². The number of ether oxygens (including phenoxy) is 1. The predicted molar refractivity (Wildman–Crippen MR) is 84.2 cm³/mol. The van der Waals surface area contributed by atoms with Gasteiger partial charge in [0.2, 0.25) is 0 Å². The van der Waals surface area contributed by atoms with Crippen LogP contribution in [0.4, 0.5) is 0 Å².